The zero-order valence-corrected chi connectivity index (χ0v) is 11.8. The van der Waals surface area contributed by atoms with E-state index in [9.17, 15) is 9.59 Å². The summed E-state index contributed by atoms with van der Waals surface area (Å²) >= 11 is 0. The molecule has 1 heterocycles. The van der Waals surface area contributed by atoms with Crippen molar-refractivity contribution in [1.82, 2.24) is 5.43 Å². The summed E-state index contributed by atoms with van der Waals surface area (Å²) in [5.41, 5.74) is 3.34. The number of nitrogens with one attached hydrogen (secondary N) is 1. The van der Waals surface area contributed by atoms with Gasteiger partial charge >= 0.3 is 0 Å². The van der Waals surface area contributed by atoms with Gasteiger partial charge in [-0.2, -0.15) is 0 Å². The van der Waals surface area contributed by atoms with E-state index in [-0.39, 0.29) is 17.7 Å². The minimum atomic E-state index is -0.611. The van der Waals surface area contributed by atoms with Crippen molar-refractivity contribution in [2.75, 3.05) is 5.01 Å². The molecule has 1 aromatic carbocycles. The second-order valence-electron chi connectivity index (χ2n) is 6.02. The molecule has 1 fully saturated rings. The molecule has 1 saturated heterocycles. The van der Waals surface area contributed by atoms with E-state index in [0.29, 0.717) is 0 Å². The summed E-state index contributed by atoms with van der Waals surface area (Å²) in [6.07, 6.45) is 0. The van der Waals surface area contributed by atoms with E-state index in [2.05, 4.69) is 5.43 Å². The highest BCUT2D eigenvalue weighted by atomic mass is 16.2. The third kappa shape index (κ3) is 2.54. The molecule has 102 valence electrons. The van der Waals surface area contributed by atoms with Crippen LogP contribution in [0.15, 0.2) is 30.3 Å². The van der Waals surface area contributed by atoms with E-state index in [4.69, 9.17) is 0 Å². The van der Waals surface area contributed by atoms with E-state index in [0.717, 1.165) is 5.69 Å². The normalized spacial score (nSPS) is 23.8. The Morgan fingerprint density at radius 3 is 2.32 bits per heavy atom. The van der Waals surface area contributed by atoms with Crippen LogP contribution in [0, 0.1) is 11.3 Å². The molecule has 0 bridgehead atoms. The Hall–Kier alpha value is -1.68. The van der Waals surface area contributed by atoms with Gasteiger partial charge in [0.25, 0.3) is 5.91 Å². The highest BCUT2D eigenvalue weighted by Crippen LogP contribution is 2.29. The zero-order chi connectivity index (χ0) is 14.2. The molecule has 0 radical (unpaired) electrons. The Morgan fingerprint density at radius 1 is 1.21 bits per heavy atom. The van der Waals surface area contributed by atoms with Gasteiger partial charge in [0.05, 0.1) is 5.69 Å². The number of nitrogens with zero attached hydrogens (tertiary/aromatic N) is 1. The van der Waals surface area contributed by atoms with Crippen LogP contribution in [0.3, 0.4) is 0 Å². The molecule has 0 aromatic heterocycles. The number of hydrazine groups is 1. The van der Waals surface area contributed by atoms with Gasteiger partial charge in [-0.1, -0.05) is 39.0 Å². The van der Waals surface area contributed by atoms with Crippen molar-refractivity contribution in [3.05, 3.63) is 30.3 Å². The molecule has 4 heteroatoms. The number of anilines is 1. The summed E-state index contributed by atoms with van der Waals surface area (Å²) in [4.78, 5) is 24.8. The lowest BCUT2D eigenvalue weighted by molar-refractivity contribution is -0.136. The third-order valence-electron chi connectivity index (χ3n) is 3.36. The minimum absolute atomic E-state index is 0.0177. The molecule has 2 unspecified atom stereocenters. The van der Waals surface area contributed by atoms with Gasteiger partial charge in [-0.25, -0.2) is 10.4 Å². The van der Waals surface area contributed by atoms with Crippen molar-refractivity contribution in [3.8, 4) is 0 Å². The second kappa shape index (κ2) is 4.78. The van der Waals surface area contributed by atoms with Crippen LogP contribution < -0.4 is 10.4 Å². The van der Waals surface area contributed by atoms with Gasteiger partial charge in [-0.15, -0.1) is 0 Å². The highest BCUT2D eigenvalue weighted by Gasteiger charge is 2.46. The zero-order valence-electron chi connectivity index (χ0n) is 11.8. The van der Waals surface area contributed by atoms with Crippen LogP contribution in [-0.4, -0.2) is 17.7 Å². The molecule has 4 nitrogen and oxygen atoms in total. The van der Waals surface area contributed by atoms with Crippen molar-refractivity contribution in [1.29, 1.82) is 0 Å². The number of carbonyl (C=O) groups excluding carboxylic acids is 2. The largest absolute Gasteiger partial charge is 0.298 e. The summed E-state index contributed by atoms with van der Waals surface area (Å²) < 4.78 is 0. The quantitative estimate of drug-likeness (QED) is 0.829. The lowest BCUT2D eigenvalue weighted by atomic mass is 9.80. The third-order valence-corrected chi connectivity index (χ3v) is 3.36. The summed E-state index contributed by atoms with van der Waals surface area (Å²) in [6, 6.07) is 9.15. The fourth-order valence-corrected chi connectivity index (χ4v) is 2.28. The van der Waals surface area contributed by atoms with Crippen LogP contribution in [-0.2, 0) is 9.59 Å². The van der Waals surface area contributed by atoms with Crippen LogP contribution in [0.5, 0.6) is 0 Å². The predicted molar refractivity (Wildman–Crippen MR) is 74.5 cm³/mol. The molecule has 1 aromatic rings. The van der Waals surface area contributed by atoms with Crippen molar-refractivity contribution in [2.45, 2.75) is 33.7 Å². The predicted octanol–water partition coefficient (Wildman–Crippen LogP) is 2.16. The molecule has 19 heavy (non-hydrogen) atoms. The van der Waals surface area contributed by atoms with Gasteiger partial charge in [0, 0.05) is 11.5 Å². The molecular formula is C15H20N2O2. The van der Waals surface area contributed by atoms with Gasteiger partial charge in [0.1, 0.15) is 5.92 Å². The van der Waals surface area contributed by atoms with E-state index in [1.807, 2.05) is 58.0 Å². The van der Waals surface area contributed by atoms with E-state index >= 15 is 0 Å². The Bertz CT molecular complexity index is 491. The second-order valence-corrected chi connectivity index (χ2v) is 6.02. The minimum Gasteiger partial charge on any atom is -0.298 e. The van der Waals surface area contributed by atoms with E-state index < -0.39 is 11.3 Å². The Balaban J connectivity index is 2.27. The average Bonchev–Trinajstić information content (AvgIpc) is 2.64. The monoisotopic (exact) mass is 260 g/mol. The van der Waals surface area contributed by atoms with Crippen LogP contribution in [0.4, 0.5) is 5.69 Å². The summed E-state index contributed by atoms with van der Waals surface area (Å²) in [6.45, 7) is 7.41. The van der Waals surface area contributed by atoms with Crippen LogP contribution in [0.25, 0.3) is 0 Å². The average molecular weight is 260 g/mol. The van der Waals surface area contributed by atoms with Gasteiger partial charge in [0.15, 0.2) is 5.78 Å². The standard InChI is InChI=1S/C15H20N2O2/c1-10-12(13(18)15(2,3)4)14(19)17(16-10)11-8-6-5-7-9-11/h5-10,12,16H,1-4H3. The number of carbonyl (C=O) groups is 2. The van der Waals surface area contributed by atoms with Gasteiger partial charge in [0.2, 0.25) is 0 Å². The molecular weight excluding hydrogens is 240 g/mol. The molecule has 2 rings (SSSR count). The topological polar surface area (TPSA) is 49.4 Å². The Morgan fingerprint density at radius 2 is 1.79 bits per heavy atom. The van der Waals surface area contributed by atoms with Gasteiger partial charge in [-0.3, -0.25) is 9.59 Å². The molecule has 1 amide bonds. The molecule has 1 aliphatic heterocycles. The number of Topliss-reactive ketones (excluding diaryl/α,β-unsaturated/α-hetero) is 1. The number of amides is 1. The lowest BCUT2D eigenvalue weighted by Gasteiger charge is -2.21. The van der Waals surface area contributed by atoms with Crippen LogP contribution in [0.1, 0.15) is 27.7 Å². The number of hydrogen-bond donors (Lipinski definition) is 1. The smallest absolute Gasteiger partial charge is 0.253 e. The lowest BCUT2D eigenvalue weighted by Crippen LogP contribution is -2.37. The fourth-order valence-electron chi connectivity index (χ4n) is 2.28. The molecule has 0 spiro atoms. The summed E-state index contributed by atoms with van der Waals surface area (Å²) in [5.74, 6) is -0.797. The van der Waals surface area contributed by atoms with E-state index in [1.54, 1.807) is 0 Å². The number of para-hydroxylation sites is 1. The molecule has 1 aliphatic rings. The van der Waals surface area contributed by atoms with Gasteiger partial charge < -0.3 is 0 Å². The van der Waals surface area contributed by atoms with Crippen molar-refractivity contribution in [3.63, 3.8) is 0 Å². The van der Waals surface area contributed by atoms with Crippen LogP contribution >= 0.6 is 0 Å². The number of ketones is 1. The summed E-state index contributed by atoms with van der Waals surface area (Å²) in [5, 5.41) is 1.49. The first-order valence-corrected chi connectivity index (χ1v) is 6.52. The van der Waals surface area contributed by atoms with Crippen molar-refractivity contribution in [2.24, 2.45) is 11.3 Å². The van der Waals surface area contributed by atoms with Crippen LogP contribution in [0.2, 0.25) is 0 Å². The first kappa shape index (κ1) is 13.7. The van der Waals surface area contributed by atoms with Gasteiger partial charge in [-0.05, 0) is 19.1 Å². The molecule has 2 atom stereocenters. The fraction of sp³-hybridized carbons (Fsp3) is 0.467. The Kier molecular flexibility index (Phi) is 3.45. The Labute approximate surface area is 113 Å². The molecule has 0 saturated carbocycles. The summed E-state index contributed by atoms with van der Waals surface area (Å²) in [7, 11) is 0. The molecule has 0 aliphatic carbocycles. The number of rotatable bonds is 2. The first-order chi connectivity index (χ1) is 8.82. The SMILES string of the molecule is CC1NN(c2ccccc2)C(=O)C1C(=O)C(C)(C)C. The molecule has 1 N–H and O–H groups in total. The van der Waals surface area contributed by atoms with Crippen molar-refractivity contribution >= 4 is 17.4 Å². The van der Waals surface area contributed by atoms with Crippen molar-refractivity contribution < 1.29 is 9.59 Å². The maximum Gasteiger partial charge on any atom is 0.253 e. The maximum atomic E-state index is 12.4. The maximum absolute atomic E-state index is 12.4. The first-order valence-electron chi connectivity index (χ1n) is 6.52. The van der Waals surface area contributed by atoms with E-state index in [1.165, 1.54) is 5.01 Å². The highest BCUT2D eigenvalue weighted by molar-refractivity contribution is 6.11. The number of hydrogen-bond acceptors (Lipinski definition) is 3. The number of benzene rings is 1.